The van der Waals surface area contributed by atoms with E-state index in [-0.39, 0.29) is 6.04 Å². The highest BCUT2D eigenvalue weighted by molar-refractivity contribution is 5.21. The molecule has 90 valence electrons. The van der Waals surface area contributed by atoms with Gasteiger partial charge in [-0.05, 0) is 25.5 Å². The van der Waals surface area contributed by atoms with Crippen molar-refractivity contribution < 1.29 is 4.74 Å². The van der Waals surface area contributed by atoms with Crippen LogP contribution in [0.2, 0.25) is 0 Å². The number of nitrogens with zero attached hydrogens (tertiary/aromatic N) is 1. The van der Waals surface area contributed by atoms with Gasteiger partial charge in [-0.2, -0.15) is 0 Å². The Labute approximate surface area is 98.0 Å². The van der Waals surface area contributed by atoms with Crippen molar-refractivity contribution in [1.29, 1.82) is 0 Å². The monoisotopic (exact) mass is 222 g/mol. The number of unbranched alkanes of at least 4 members (excludes halogenated alkanes) is 3. The molecule has 0 unspecified atom stereocenters. The minimum Gasteiger partial charge on any atom is -0.492 e. The Balaban J connectivity index is 2.27. The number of hydrogen-bond donors (Lipinski definition) is 1. The molecule has 1 aromatic heterocycles. The summed E-state index contributed by atoms with van der Waals surface area (Å²) in [6.07, 6.45) is 6.64. The summed E-state index contributed by atoms with van der Waals surface area (Å²) in [5.41, 5.74) is 6.62. The number of hydrogen-bond acceptors (Lipinski definition) is 3. The van der Waals surface area contributed by atoms with Crippen molar-refractivity contribution in [1.82, 2.24) is 4.98 Å². The third kappa shape index (κ3) is 4.62. The van der Waals surface area contributed by atoms with Gasteiger partial charge in [-0.1, -0.05) is 26.2 Å². The normalized spacial score (nSPS) is 12.4. The lowest BCUT2D eigenvalue weighted by atomic mass is 10.2. The van der Waals surface area contributed by atoms with Gasteiger partial charge in [0.05, 0.1) is 18.5 Å². The average molecular weight is 222 g/mol. The molecule has 0 amide bonds. The first-order chi connectivity index (χ1) is 7.74. The van der Waals surface area contributed by atoms with Crippen LogP contribution in [-0.4, -0.2) is 11.6 Å². The molecule has 0 radical (unpaired) electrons. The van der Waals surface area contributed by atoms with Gasteiger partial charge >= 0.3 is 0 Å². The highest BCUT2D eigenvalue weighted by Crippen LogP contribution is 2.13. The number of aromatic nitrogens is 1. The van der Waals surface area contributed by atoms with Crippen molar-refractivity contribution in [2.45, 2.75) is 45.6 Å². The van der Waals surface area contributed by atoms with Gasteiger partial charge < -0.3 is 10.5 Å². The highest BCUT2D eigenvalue weighted by Gasteiger charge is 2.00. The Morgan fingerprint density at radius 2 is 2.12 bits per heavy atom. The van der Waals surface area contributed by atoms with E-state index in [1.54, 1.807) is 6.20 Å². The van der Waals surface area contributed by atoms with E-state index in [0.29, 0.717) is 0 Å². The maximum atomic E-state index is 5.72. The van der Waals surface area contributed by atoms with Gasteiger partial charge in [-0.15, -0.1) is 0 Å². The fourth-order valence-corrected chi connectivity index (χ4v) is 1.47. The fourth-order valence-electron chi connectivity index (χ4n) is 1.47. The van der Waals surface area contributed by atoms with Gasteiger partial charge in [0.15, 0.2) is 0 Å². The summed E-state index contributed by atoms with van der Waals surface area (Å²) in [6.45, 7) is 4.91. The van der Waals surface area contributed by atoms with E-state index in [4.69, 9.17) is 10.5 Å². The third-order valence-corrected chi connectivity index (χ3v) is 2.49. The van der Waals surface area contributed by atoms with Gasteiger partial charge in [-0.3, -0.25) is 4.98 Å². The minimum atomic E-state index is -0.0152. The Kier molecular flexibility index (Phi) is 5.86. The molecule has 0 fully saturated rings. The van der Waals surface area contributed by atoms with Crippen LogP contribution >= 0.6 is 0 Å². The predicted octanol–water partition coefficient (Wildman–Crippen LogP) is 3.06. The van der Waals surface area contributed by atoms with Crippen LogP contribution in [0.5, 0.6) is 5.75 Å². The lowest BCUT2D eigenvalue weighted by molar-refractivity contribution is 0.303. The van der Waals surface area contributed by atoms with Gasteiger partial charge in [0, 0.05) is 6.04 Å². The Morgan fingerprint density at radius 3 is 2.69 bits per heavy atom. The zero-order valence-corrected chi connectivity index (χ0v) is 10.3. The second-order valence-corrected chi connectivity index (χ2v) is 4.12. The molecule has 3 heteroatoms. The van der Waals surface area contributed by atoms with Crippen LogP contribution in [-0.2, 0) is 0 Å². The van der Waals surface area contributed by atoms with E-state index >= 15 is 0 Å². The Hall–Kier alpha value is -1.09. The molecule has 0 aliphatic heterocycles. The van der Waals surface area contributed by atoms with Gasteiger partial charge in [0.2, 0.25) is 0 Å². The van der Waals surface area contributed by atoms with E-state index in [9.17, 15) is 0 Å². The molecule has 0 bridgehead atoms. The zero-order valence-electron chi connectivity index (χ0n) is 10.3. The van der Waals surface area contributed by atoms with Crippen LogP contribution in [0.1, 0.15) is 51.3 Å². The lowest BCUT2D eigenvalue weighted by Gasteiger charge is -2.07. The quantitative estimate of drug-likeness (QED) is 0.721. The van der Waals surface area contributed by atoms with Crippen LogP contribution in [0.4, 0.5) is 0 Å². The van der Waals surface area contributed by atoms with Crippen molar-refractivity contribution in [2.75, 3.05) is 6.61 Å². The molecule has 1 aromatic rings. The van der Waals surface area contributed by atoms with Crippen molar-refractivity contribution in [3.05, 3.63) is 24.0 Å². The maximum absolute atomic E-state index is 5.72. The van der Waals surface area contributed by atoms with E-state index < -0.39 is 0 Å². The summed E-state index contributed by atoms with van der Waals surface area (Å²) in [4.78, 5) is 4.24. The second kappa shape index (κ2) is 7.23. The Morgan fingerprint density at radius 1 is 1.31 bits per heavy atom. The van der Waals surface area contributed by atoms with Crippen LogP contribution in [0.15, 0.2) is 18.3 Å². The fraction of sp³-hybridized carbons (Fsp3) is 0.615. The summed E-state index contributed by atoms with van der Waals surface area (Å²) in [5, 5.41) is 0. The van der Waals surface area contributed by atoms with Crippen LogP contribution in [0.3, 0.4) is 0 Å². The highest BCUT2D eigenvalue weighted by atomic mass is 16.5. The summed E-state index contributed by atoms with van der Waals surface area (Å²) >= 11 is 0. The molecule has 2 N–H and O–H groups in total. The lowest BCUT2D eigenvalue weighted by Crippen LogP contribution is -2.07. The second-order valence-electron chi connectivity index (χ2n) is 4.12. The first kappa shape index (κ1) is 13.0. The standard InChI is InChI=1S/C13H22N2O/c1-3-4-5-6-9-16-12-7-8-13(11(2)14)15-10-12/h7-8,10-11H,3-6,9,14H2,1-2H3/t11-/m1/s1. The molecular weight excluding hydrogens is 200 g/mol. The van der Waals surface area contributed by atoms with Crippen molar-refractivity contribution in [3.8, 4) is 5.75 Å². The predicted molar refractivity (Wildman–Crippen MR) is 66.5 cm³/mol. The van der Waals surface area contributed by atoms with Crippen LogP contribution in [0.25, 0.3) is 0 Å². The van der Waals surface area contributed by atoms with Gasteiger partial charge in [0.25, 0.3) is 0 Å². The van der Waals surface area contributed by atoms with Gasteiger partial charge in [0.1, 0.15) is 5.75 Å². The van der Waals surface area contributed by atoms with E-state index in [1.165, 1.54) is 19.3 Å². The largest absolute Gasteiger partial charge is 0.492 e. The number of rotatable bonds is 7. The molecule has 0 aromatic carbocycles. The van der Waals surface area contributed by atoms with E-state index in [2.05, 4.69) is 11.9 Å². The molecule has 0 aliphatic carbocycles. The third-order valence-electron chi connectivity index (χ3n) is 2.49. The molecule has 0 saturated carbocycles. The molecule has 0 aliphatic rings. The van der Waals surface area contributed by atoms with E-state index in [1.807, 2.05) is 19.1 Å². The molecule has 0 saturated heterocycles. The number of pyridine rings is 1. The van der Waals surface area contributed by atoms with Crippen LogP contribution in [0, 0.1) is 0 Å². The van der Waals surface area contributed by atoms with E-state index in [0.717, 1.165) is 24.5 Å². The molecule has 1 heterocycles. The summed E-state index contributed by atoms with van der Waals surface area (Å²) < 4.78 is 5.58. The van der Waals surface area contributed by atoms with Crippen molar-refractivity contribution >= 4 is 0 Å². The smallest absolute Gasteiger partial charge is 0.137 e. The van der Waals surface area contributed by atoms with Crippen LogP contribution < -0.4 is 10.5 Å². The minimum absolute atomic E-state index is 0.0152. The SMILES string of the molecule is CCCCCCOc1ccc([C@@H](C)N)nc1. The zero-order chi connectivity index (χ0) is 11.8. The molecule has 3 nitrogen and oxygen atoms in total. The number of ether oxygens (including phenoxy) is 1. The summed E-state index contributed by atoms with van der Waals surface area (Å²) in [6, 6.07) is 3.84. The maximum Gasteiger partial charge on any atom is 0.137 e. The molecular formula is C13H22N2O. The molecule has 16 heavy (non-hydrogen) atoms. The summed E-state index contributed by atoms with van der Waals surface area (Å²) in [7, 11) is 0. The first-order valence-electron chi connectivity index (χ1n) is 6.08. The number of nitrogens with two attached hydrogens (primary N) is 1. The molecule has 0 spiro atoms. The topological polar surface area (TPSA) is 48.1 Å². The van der Waals surface area contributed by atoms with Gasteiger partial charge in [-0.25, -0.2) is 0 Å². The summed E-state index contributed by atoms with van der Waals surface area (Å²) in [5.74, 6) is 0.834. The van der Waals surface area contributed by atoms with Crippen molar-refractivity contribution in [2.24, 2.45) is 5.73 Å². The first-order valence-corrected chi connectivity index (χ1v) is 6.08. The Bertz CT molecular complexity index is 282. The molecule has 1 atom stereocenters. The van der Waals surface area contributed by atoms with Crippen molar-refractivity contribution in [3.63, 3.8) is 0 Å². The molecule has 1 rings (SSSR count). The average Bonchev–Trinajstić information content (AvgIpc) is 2.29.